The maximum Gasteiger partial charge on any atom is 0.224 e. The molecule has 138 valence electrons. The second-order valence-corrected chi connectivity index (χ2v) is 9.37. The van der Waals surface area contributed by atoms with Gasteiger partial charge in [-0.1, -0.05) is 12.1 Å². The van der Waals surface area contributed by atoms with Gasteiger partial charge in [-0.15, -0.1) is 0 Å². The van der Waals surface area contributed by atoms with Gasteiger partial charge in [0.25, 0.3) is 0 Å². The molecule has 1 N–H and O–H groups in total. The van der Waals surface area contributed by atoms with E-state index in [0.717, 1.165) is 38.8 Å². The maximum atomic E-state index is 13.2. The summed E-state index contributed by atoms with van der Waals surface area (Å²) in [5.74, 6) is 0.185. The van der Waals surface area contributed by atoms with E-state index in [0.29, 0.717) is 23.1 Å². The number of sulfone groups is 1. The number of halogens is 1. The van der Waals surface area contributed by atoms with Crippen LogP contribution >= 0.6 is 0 Å². The van der Waals surface area contributed by atoms with E-state index >= 15 is 0 Å². The lowest BCUT2D eigenvalue weighted by Crippen LogP contribution is -2.50. The lowest BCUT2D eigenvalue weighted by atomic mass is 10.0. The van der Waals surface area contributed by atoms with Crippen LogP contribution in [0.5, 0.6) is 0 Å². The van der Waals surface area contributed by atoms with Gasteiger partial charge in [0.15, 0.2) is 0 Å². The summed E-state index contributed by atoms with van der Waals surface area (Å²) in [4.78, 5) is 14.5. The van der Waals surface area contributed by atoms with E-state index in [1.54, 1.807) is 12.1 Å². The third kappa shape index (κ3) is 5.25. The van der Waals surface area contributed by atoms with E-state index in [1.165, 1.54) is 12.1 Å². The fraction of sp³-hybridized carbons (Fsp3) is 0.611. The van der Waals surface area contributed by atoms with Crippen molar-refractivity contribution in [2.45, 2.75) is 44.2 Å². The van der Waals surface area contributed by atoms with Gasteiger partial charge in [-0.05, 0) is 43.4 Å². The van der Waals surface area contributed by atoms with Gasteiger partial charge >= 0.3 is 0 Å². The number of carbonyl (C=O) groups is 1. The van der Waals surface area contributed by atoms with Crippen molar-refractivity contribution in [2.75, 3.05) is 24.6 Å². The highest BCUT2D eigenvalue weighted by atomic mass is 32.2. The first-order valence-electron chi connectivity index (χ1n) is 8.89. The van der Waals surface area contributed by atoms with Crippen molar-refractivity contribution < 1.29 is 17.6 Å². The normalized spacial score (nSPS) is 22.6. The van der Waals surface area contributed by atoms with Crippen molar-refractivity contribution in [1.29, 1.82) is 0 Å². The lowest BCUT2D eigenvalue weighted by molar-refractivity contribution is -0.121. The van der Waals surface area contributed by atoms with Crippen LogP contribution in [0.3, 0.4) is 0 Å². The van der Waals surface area contributed by atoms with Crippen LogP contribution in [-0.4, -0.2) is 55.9 Å². The van der Waals surface area contributed by atoms with Crippen LogP contribution in [0.4, 0.5) is 4.39 Å². The van der Waals surface area contributed by atoms with Gasteiger partial charge in [-0.2, -0.15) is 0 Å². The topological polar surface area (TPSA) is 66.5 Å². The molecule has 2 saturated heterocycles. The first-order valence-corrected chi connectivity index (χ1v) is 10.7. The molecule has 0 spiro atoms. The van der Waals surface area contributed by atoms with Gasteiger partial charge in [0, 0.05) is 25.2 Å². The predicted octanol–water partition coefficient (Wildman–Crippen LogP) is 1.53. The van der Waals surface area contributed by atoms with E-state index in [1.807, 2.05) is 0 Å². The summed E-state index contributed by atoms with van der Waals surface area (Å²) in [6.45, 7) is 1.77. The van der Waals surface area contributed by atoms with E-state index in [-0.39, 0.29) is 24.2 Å². The Kier molecular flexibility index (Phi) is 5.74. The standard InChI is InChI=1S/C18H25FN2O3S/c19-15-3-1-2-14(12-15)13-18(22)20-16-4-8-21(9-5-16)17-6-10-25(23,24)11-7-17/h1-3,12,16-17H,4-11,13H2,(H,20,22). The predicted molar refractivity (Wildman–Crippen MR) is 94.5 cm³/mol. The minimum Gasteiger partial charge on any atom is -0.353 e. The van der Waals surface area contributed by atoms with Crippen LogP contribution in [0.15, 0.2) is 24.3 Å². The Bertz CT molecular complexity index is 701. The zero-order chi connectivity index (χ0) is 17.9. The number of nitrogens with zero attached hydrogens (tertiary/aromatic N) is 1. The first-order chi connectivity index (χ1) is 11.9. The Labute approximate surface area is 148 Å². The molecule has 2 heterocycles. The van der Waals surface area contributed by atoms with Gasteiger partial charge in [0.05, 0.1) is 17.9 Å². The molecule has 0 bridgehead atoms. The molecular weight excluding hydrogens is 343 g/mol. The Hall–Kier alpha value is -1.47. The molecule has 1 amide bonds. The van der Waals surface area contributed by atoms with Crippen LogP contribution in [0, 0.1) is 5.82 Å². The van der Waals surface area contributed by atoms with Gasteiger partial charge in [0.2, 0.25) is 5.91 Å². The highest BCUT2D eigenvalue weighted by molar-refractivity contribution is 7.91. The van der Waals surface area contributed by atoms with Crippen LogP contribution < -0.4 is 5.32 Å². The summed E-state index contributed by atoms with van der Waals surface area (Å²) >= 11 is 0. The molecular formula is C18H25FN2O3S. The zero-order valence-corrected chi connectivity index (χ0v) is 15.1. The molecule has 0 unspecified atom stereocenters. The minimum absolute atomic E-state index is 0.0761. The largest absolute Gasteiger partial charge is 0.353 e. The number of likely N-dealkylation sites (tertiary alicyclic amines) is 1. The third-order valence-electron chi connectivity index (χ3n) is 5.19. The van der Waals surface area contributed by atoms with Crippen molar-refractivity contribution >= 4 is 15.7 Å². The monoisotopic (exact) mass is 368 g/mol. The number of benzene rings is 1. The fourth-order valence-electron chi connectivity index (χ4n) is 3.76. The molecule has 2 aliphatic heterocycles. The van der Waals surface area contributed by atoms with Gasteiger partial charge in [-0.3, -0.25) is 4.79 Å². The summed E-state index contributed by atoms with van der Waals surface area (Å²) < 4.78 is 36.2. The summed E-state index contributed by atoms with van der Waals surface area (Å²) in [6.07, 6.45) is 3.38. The molecule has 1 aromatic rings. The second kappa shape index (κ2) is 7.83. The average molecular weight is 368 g/mol. The van der Waals surface area contributed by atoms with Gasteiger partial charge in [-0.25, -0.2) is 12.8 Å². The van der Waals surface area contributed by atoms with E-state index in [9.17, 15) is 17.6 Å². The summed E-state index contributed by atoms with van der Waals surface area (Å²) in [6, 6.07) is 6.62. The summed E-state index contributed by atoms with van der Waals surface area (Å²) in [5, 5.41) is 3.04. The molecule has 2 fully saturated rings. The molecule has 0 atom stereocenters. The third-order valence-corrected chi connectivity index (χ3v) is 6.90. The Balaban J connectivity index is 1.42. The van der Waals surface area contributed by atoms with E-state index < -0.39 is 9.84 Å². The number of amides is 1. The van der Waals surface area contributed by atoms with Crippen molar-refractivity contribution in [2.24, 2.45) is 0 Å². The van der Waals surface area contributed by atoms with Crippen LogP contribution in [0.2, 0.25) is 0 Å². The molecule has 7 heteroatoms. The van der Waals surface area contributed by atoms with E-state index in [4.69, 9.17) is 0 Å². The number of hydrogen-bond donors (Lipinski definition) is 1. The molecule has 0 aliphatic carbocycles. The van der Waals surface area contributed by atoms with Gasteiger partial charge < -0.3 is 10.2 Å². The number of nitrogens with one attached hydrogen (secondary N) is 1. The van der Waals surface area contributed by atoms with E-state index in [2.05, 4.69) is 10.2 Å². The molecule has 3 rings (SSSR count). The number of hydrogen-bond acceptors (Lipinski definition) is 4. The Morgan fingerprint density at radius 2 is 1.84 bits per heavy atom. The minimum atomic E-state index is -2.82. The number of carbonyl (C=O) groups excluding carboxylic acids is 1. The van der Waals surface area contributed by atoms with Crippen molar-refractivity contribution in [1.82, 2.24) is 10.2 Å². The SMILES string of the molecule is O=C(Cc1cccc(F)c1)NC1CCN(C2CCS(=O)(=O)CC2)CC1. The highest BCUT2D eigenvalue weighted by Crippen LogP contribution is 2.22. The molecule has 1 aromatic carbocycles. The number of rotatable bonds is 4. The first kappa shape index (κ1) is 18.3. The summed E-state index contributed by atoms with van der Waals surface area (Å²) in [5.41, 5.74) is 0.679. The molecule has 0 saturated carbocycles. The van der Waals surface area contributed by atoms with Crippen LogP contribution in [-0.2, 0) is 21.1 Å². The van der Waals surface area contributed by atoms with Crippen molar-refractivity contribution in [3.05, 3.63) is 35.6 Å². The molecule has 5 nitrogen and oxygen atoms in total. The average Bonchev–Trinajstić information content (AvgIpc) is 2.56. The highest BCUT2D eigenvalue weighted by Gasteiger charge is 2.30. The quantitative estimate of drug-likeness (QED) is 0.875. The van der Waals surface area contributed by atoms with Crippen molar-refractivity contribution in [3.8, 4) is 0 Å². The molecule has 25 heavy (non-hydrogen) atoms. The lowest BCUT2D eigenvalue weighted by Gasteiger charge is -2.39. The van der Waals surface area contributed by atoms with Crippen LogP contribution in [0.1, 0.15) is 31.2 Å². The second-order valence-electron chi connectivity index (χ2n) is 7.07. The smallest absolute Gasteiger partial charge is 0.224 e. The molecule has 0 radical (unpaired) electrons. The molecule has 0 aromatic heterocycles. The maximum absolute atomic E-state index is 13.2. The fourth-order valence-corrected chi connectivity index (χ4v) is 5.23. The number of piperidine rings is 1. The molecule has 2 aliphatic rings. The summed E-state index contributed by atoms with van der Waals surface area (Å²) in [7, 11) is -2.82. The van der Waals surface area contributed by atoms with Gasteiger partial charge in [0.1, 0.15) is 15.7 Å². The Morgan fingerprint density at radius 3 is 2.48 bits per heavy atom. The van der Waals surface area contributed by atoms with Crippen LogP contribution in [0.25, 0.3) is 0 Å². The Morgan fingerprint density at radius 1 is 1.16 bits per heavy atom. The van der Waals surface area contributed by atoms with Crippen molar-refractivity contribution in [3.63, 3.8) is 0 Å². The zero-order valence-electron chi connectivity index (χ0n) is 14.3.